The van der Waals surface area contributed by atoms with Gasteiger partial charge in [0.05, 0.1) is 48.0 Å². The summed E-state index contributed by atoms with van der Waals surface area (Å²) in [5.41, 5.74) is 3.65. The fourth-order valence-electron chi connectivity index (χ4n) is 8.39. The van der Waals surface area contributed by atoms with Crippen molar-refractivity contribution in [1.29, 1.82) is 5.26 Å². The molecule has 1 amide bonds. The fourth-order valence-corrected chi connectivity index (χ4v) is 9.20. The highest BCUT2D eigenvalue weighted by Crippen LogP contribution is 2.49. The number of nitriles is 1. The van der Waals surface area contributed by atoms with E-state index in [1.807, 2.05) is 0 Å². The molecule has 46 heavy (non-hydrogen) atoms. The van der Waals surface area contributed by atoms with Crippen LogP contribution in [0.5, 0.6) is 11.6 Å². The van der Waals surface area contributed by atoms with Crippen molar-refractivity contribution in [3.8, 4) is 17.7 Å². The third-order valence-electron chi connectivity index (χ3n) is 10.5. The smallest absolute Gasteiger partial charge is 0.282 e. The number of benzene rings is 1. The molecule has 12 heteroatoms. The van der Waals surface area contributed by atoms with E-state index >= 15 is 0 Å². The summed E-state index contributed by atoms with van der Waals surface area (Å²) >= 11 is 1.72. The highest BCUT2D eigenvalue weighted by molar-refractivity contribution is 7.17. The number of nitrogens with zero attached hydrogens (tertiary/aromatic N) is 6. The van der Waals surface area contributed by atoms with Crippen molar-refractivity contribution in [2.75, 3.05) is 55.7 Å². The molecule has 7 heterocycles. The molecule has 1 aromatic carbocycles. The van der Waals surface area contributed by atoms with Gasteiger partial charge < -0.3 is 24.2 Å². The van der Waals surface area contributed by atoms with Crippen molar-refractivity contribution in [3.05, 3.63) is 53.3 Å². The van der Waals surface area contributed by atoms with Gasteiger partial charge in [-0.05, 0) is 49.4 Å². The number of hydrogen-bond acceptors (Lipinski definition) is 9. The van der Waals surface area contributed by atoms with Crippen molar-refractivity contribution in [3.63, 3.8) is 0 Å². The molecule has 3 aromatic rings. The Balaban J connectivity index is 1.18. The topological polar surface area (TPSA) is 85.2 Å². The number of carbonyl (C=O) groups is 1. The number of hydrogen-bond donors (Lipinski definition) is 0. The summed E-state index contributed by atoms with van der Waals surface area (Å²) in [6, 6.07) is 9.97. The number of piperazine rings is 1. The number of amides is 1. The first kappa shape index (κ1) is 29.5. The van der Waals surface area contributed by atoms with Gasteiger partial charge in [-0.3, -0.25) is 9.69 Å². The number of fused-ring (bicyclic) bond motifs is 7. The minimum atomic E-state index is -1.03. The van der Waals surface area contributed by atoms with Crippen molar-refractivity contribution < 1.29 is 23.0 Å². The molecule has 0 aliphatic carbocycles. The second-order valence-electron chi connectivity index (χ2n) is 13.2. The van der Waals surface area contributed by atoms with Crippen LogP contribution in [0.3, 0.4) is 0 Å². The molecule has 240 valence electrons. The number of pyridine rings is 1. The SMILES string of the molecule is C=C(F)C(=O)N1CC2COc3c(OCC45CCCN4C[C@H](F)C5)nc4c(c3N2C[C@@H]1CC#N)CCN(c1cccc2sccc12)C4. The molecule has 2 unspecified atom stereocenters. The molecule has 5 aliphatic rings. The van der Waals surface area contributed by atoms with E-state index in [4.69, 9.17) is 14.5 Å². The first-order valence-electron chi connectivity index (χ1n) is 16.1. The maximum absolute atomic E-state index is 14.6. The molecular formula is C34H36F2N6O3S. The van der Waals surface area contributed by atoms with Gasteiger partial charge in [0.15, 0.2) is 5.83 Å². The molecule has 0 bridgehead atoms. The molecule has 3 fully saturated rings. The largest absolute Gasteiger partial charge is 0.484 e. The third-order valence-corrected chi connectivity index (χ3v) is 11.4. The van der Waals surface area contributed by atoms with Crippen molar-refractivity contribution in [2.45, 2.75) is 62.4 Å². The molecule has 9 nitrogen and oxygen atoms in total. The Bertz CT molecular complexity index is 1760. The summed E-state index contributed by atoms with van der Waals surface area (Å²) < 4.78 is 42.9. The molecule has 2 aromatic heterocycles. The van der Waals surface area contributed by atoms with E-state index in [2.05, 4.69) is 57.0 Å². The van der Waals surface area contributed by atoms with Gasteiger partial charge in [-0.25, -0.2) is 13.8 Å². The van der Waals surface area contributed by atoms with Gasteiger partial charge in [0.2, 0.25) is 5.75 Å². The Kier molecular flexibility index (Phi) is 7.29. The van der Waals surface area contributed by atoms with Crippen LogP contribution in [-0.2, 0) is 17.8 Å². The zero-order valence-electron chi connectivity index (χ0n) is 25.6. The lowest BCUT2D eigenvalue weighted by Gasteiger charge is -2.50. The van der Waals surface area contributed by atoms with Gasteiger partial charge in [0.25, 0.3) is 11.8 Å². The van der Waals surface area contributed by atoms with E-state index in [1.165, 1.54) is 15.0 Å². The molecule has 0 N–H and O–H groups in total. The van der Waals surface area contributed by atoms with Gasteiger partial charge in [0, 0.05) is 53.9 Å². The zero-order valence-corrected chi connectivity index (χ0v) is 26.4. The lowest BCUT2D eigenvalue weighted by molar-refractivity contribution is -0.132. The molecule has 0 radical (unpaired) electrons. The van der Waals surface area contributed by atoms with Crippen LogP contribution in [0.2, 0.25) is 0 Å². The summed E-state index contributed by atoms with van der Waals surface area (Å²) in [5, 5.41) is 13.0. The van der Waals surface area contributed by atoms with Crippen LogP contribution in [0.15, 0.2) is 42.1 Å². The number of carbonyl (C=O) groups excluding carboxylic acids is 1. The van der Waals surface area contributed by atoms with Crippen LogP contribution in [0.25, 0.3) is 10.1 Å². The fraction of sp³-hybridized carbons (Fsp3) is 0.500. The Hall–Kier alpha value is -3.95. The van der Waals surface area contributed by atoms with Crippen LogP contribution in [0, 0.1) is 11.3 Å². The quantitative estimate of drug-likeness (QED) is 0.347. The van der Waals surface area contributed by atoms with Crippen LogP contribution < -0.4 is 19.3 Å². The van der Waals surface area contributed by atoms with Crippen molar-refractivity contribution in [2.24, 2.45) is 0 Å². The number of aromatic nitrogens is 1. The second-order valence-corrected chi connectivity index (χ2v) is 14.1. The van der Waals surface area contributed by atoms with E-state index in [1.54, 1.807) is 11.3 Å². The van der Waals surface area contributed by atoms with E-state index in [9.17, 15) is 18.8 Å². The number of ether oxygens (including phenoxy) is 2. The summed E-state index contributed by atoms with van der Waals surface area (Å²) in [4.78, 5) is 26.1. The lowest BCUT2D eigenvalue weighted by atomic mass is 9.94. The van der Waals surface area contributed by atoms with Gasteiger partial charge >= 0.3 is 0 Å². The van der Waals surface area contributed by atoms with Crippen LogP contribution in [0.1, 0.15) is 36.9 Å². The van der Waals surface area contributed by atoms with Crippen LogP contribution in [-0.4, -0.2) is 90.4 Å². The predicted octanol–water partition coefficient (Wildman–Crippen LogP) is 4.99. The molecule has 8 rings (SSSR count). The standard InChI is InChI=1S/C34H36F2N6O3S/c1-21(35)33(43)42-17-24-19-44-31-30(41(24)16-23(42)6-10-37)25-7-12-39(28-4-2-5-29-26(28)8-13-46-29)18-27(25)38-32(31)45-20-34-9-3-11-40(34)15-22(36)14-34/h2,4-5,8,13,22-24H,1,3,6-7,9,11-12,14-20H2/t22-,23+,24?,34?/m1/s1. The molecule has 0 saturated carbocycles. The van der Waals surface area contributed by atoms with Gasteiger partial charge in [-0.1, -0.05) is 12.6 Å². The third kappa shape index (κ3) is 4.78. The Morgan fingerprint density at radius 1 is 1.26 bits per heavy atom. The van der Waals surface area contributed by atoms with E-state index in [-0.39, 0.29) is 31.2 Å². The first-order chi connectivity index (χ1) is 22.3. The summed E-state index contributed by atoms with van der Waals surface area (Å²) in [5.74, 6) is -0.856. The lowest BCUT2D eigenvalue weighted by Crippen LogP contribution is -2.63. The minimum Gasteiger partial charge on any atom is -0.484 e. The number of thiophene rings is 1. The average Bonchev–Trinajstić information content (AvgIpc) is 3.76. The number of alkyl halides is 1. The maximum Gasteiger partial charge on any atom is 0.282 e. The zero-order chi connectivity index (χ0) is 31.6. The average molecular weight is 647 g/mol. The van der Waals surface area contributed by atoms with Crippen LogP contribution >= 0.6 is 11.3 Å². The normalized spacial score (nSPS) is 27.0. The highest BCUT2D eigenvalue weighted by Gasteiger charge is 2.50. The molecule has 4 atom stereocenters. The minimum absolute atomic E-state index is 0.0657. The summed E-state index contributed by atoms with van der Waals surface area (Å²) in [6.07, 6.45) is 2.27. The molecular weight excluding hydrogens is 610 g/mol. The van der Waals surface area contributed by atoms with Gasteiger partial charge in [-0.2, -0.15) is 5.26 Å². The van der Waals surface area contributed by atoms with Crippen molar-refractivity contribution in [1.82, 2.24) is 14.8 Å². The second kappa shape index (κ2) is 11.4. The predicted molar refractivity (Wildman–Crippen MR) is 172 cm³/mol. The summed E-state index contributed by atoms with van der Waals surface area (Å²) in [6.45, 7) is 7.02. The monoisotopic (exact) mass is 646 g/mol. The van der Waals surface area contributed by atoms with E-state index in [0.29, 0.717) is 50.7 Å². The molecule has 3 saturated heterocycles. The van der Waals surface area contributed by atoms with Crippen molar-refractivity contribution >= 4 is 38.7 Å². The Labute approximate surface area is 270 Å². The molecule has 5 aliphatic heterocycles. The molecule has 0 spiro atoms. The Morgan fingerprint density at radius 3 is 3.00 bits per heavy atom. The van der Waals surface area contributed by atoms with E-state index in [0.717, 1.165) is 48.6 Å². The Morgan fingerprint density at radius 2 is 2.15 bits per heavy atom. The summed E-state index contributed by atoms with van der Waals surface area (Å²) in [7, 11) is 0. The van der Waals surface area contributed by atoms with Gasteiger partial charge in [0.1, 0.15) is 19.4 Å². The highest BCUT2D eigenvalue weighted by atomic mass is 32.1. The van der Waals surface area contributed by atoms with Crippen LogP contribution in [0.4, 0.5) is 20.2 Å². The number of anilines is 2. The van der Waals surface area contributed by atoms with Gasteiger partial charge in [-0.15, -0.1) is 11.3 Å². The number of rotatable bonds is 6. The van der Waals surface area contributed by atoms with E-state index < -0.39 is 23.9 Å². The first-order valence-corrected chi connectivity index (χ1v) is 16.9. The maximum atomic E-state index is 14.6. The number of halogens is 2.